The van der Waals surface area contributed by atoms with Crippen molar-refractivity contribution in [2.75, 3.05) is 32.7 Å². The number of amides is 2. The van der Waals surface area contributed by atoms with Crippen LogP contribution in [0.1, 0.15) is 56.7 Å². The molecule has 1 saturated heterocycles. The molecule has 30 heavy (non-hydrogen) atoms. The van der Waals surface area contributed by atoms with Crippen molar-refractivity contribution < 1.29 is 9.59 Å². The van der Waals surface area contributed by atoms with Gasteiger partial charge in [-0.2, -0.15) is 0 Å². The van der Waals surface area contributed by atoms with E-state index in [1.165, 1.54) is 42.6 Å². The van der Waals surface area contributed by atoms with Gasteiger partial charge in [-0.25, -0.2) is 0 Å². The Hall–Kier alpha value is -2.66. The molecule has 2 aromatic carbocycles. The molecule has 0 bridgehead atoms. The molecule has 0 aliphatic carbocycles. The molecular weight excluding hydrogens is 374 g/mol. The summed E-state index contributed by atoms with van der Waals surface area (Å²) in [6, 6.07) is 13.9. The Labute approximate surface area is 178 Å². The minimum Gasteiger partial charge on any atom is -0.366 e. The number of nitrogens with two attached hydrogens (primary N) is 1. The summed E-state index contributed by atoms with van der Waals surface area (Å²) in [5.41, 5.74) is 10.4. The fourth-order valence-electron chi connectivity index (χ4n) is 4.56. The highest BCUT2D eigenvalue weighted by Crippen LogP contribution is 2.22. The first-order chi connectivity index (χ1) is 14.6. The molecule has 0 saturated carbocycles. The van der Waals surface area contributed by atoms with Gasteiger partial charge >= 0.3 is 0 Å². The smallest absolute Gasteiger partial charge is 0.254 e. The molecule has 2 aromatic rings. The van der Waals surface area contributed by atoms with E-state index in [9.17, 15) is 9.59 Å². The largest absolute Gasteiger partial charge is 0.366 e. The Bertz CT molecular complexity index is 901. The van der Waals surface area contributed by atoms with Gasteiger partial charge in [-0.1, -0.05) is 24.3 Å². The lowest BCUT2D eigenvalue weighted by Gasteiger charge is -2.30. The maximum Gasteiger partial charge on any atom is 0.254 e. The first-order valence-corrected chi connectivity index (χ1v) is 11.1. The molecule has 4 rings (SSSR count). The Morgan fingerprint density at radius 1 is 0.900 bits per heavy atom. The highest BCUT2D eigenvalue weighted by atomic mass is 16.2. The average Bonchev–Trinajstić information content (AvgIpc) is 3.27. The summed E-state index contributed by atoms with van der Waals surface area (Å²) < 4.78 is 0. The lowest BCUT2D eigenvalue weighted by atomic mass is 9.94. The van der Waals surface area contributed by atoms with Gasteiger partial charge in [0.15, 0.2) is 0 Å². The predicted molar refractivity (Wildman–Crippen MR) is 119 cm³/mol. The molecule has 0 atom stereocenters. The molecule has 2 heterocycles. The number of rotatable bonds is 8. The minimum atomic E-state index is -0.389. The van der Waals surface area contributed by atoms with Crippen molar-refractivity contribution in [1.29, 1.82) is 0 Å². The second kappa shape index (κ2) is 9.43. The van der Waals surface area contributed by atoms with Crippen molar-refractivity contribution in [3.63, 3.8) is 0 Å². The zero-order chi connectivity index (χ0) is 20.9. The Morgan fingerprint density at radius 3 is 2.33 bits per heavy atom. The maximum atomic E-state index is 12.9. The minimum absolute atomic E-state index is 0.191. The van der Waals surface area contributed by atoms with Crippen molar-refractivity contribution in [3.05, 3.63) is 70.3 Å². The summed E-state index contributed by atoms with van der Waals surface area (Å²) in [5.74, 6) is -0.198. The second-order valence-corrected chi connectivity index (χ2v) is 8.50. The van der Waals surface area contributed by atoms with Crippen molar-refractivity contribution >= 4 is 11.8 Å². The first-order valence-electron chi connectivity index (χ1n) is 11.1. The fourth-order valence-corrected chi connectivity index (χ4v) is 4.56. The molecule has 1 fully saturated rings. The van der Waals surface area contributed by atoms with Crippen LogP contribution in [0.2, 0.25) is 0 Å². The van der Waals surface area contributed by atoms with Crippen molar-refractivity contribution in [2.24, 2.45) is 5.73 Å². The van der Waals surface area contributed by atoms with Crippen LogP contribution in [0.5, 0.6) is 0 Å². The van der Waals surface area contributed by atoms with E-state index in [-0.39, 0.29) is 11.8 Å². The van der Waals surface area contributed by atoms with E-state index in [4.69, 9.17) is 5.73 Å². The second-order valence-electron chi connectivity index (χ2n) is 8.50. The number of hydrogen-bond donors (Lipinski definition) is 1. The Morgan fingerprint density at radius 2 is 1.60 bits per heavy atom. The normalized spacial score (nSPS) is 16.7. The quantitative estimate of drug-likeness (QED) is 0.734. The summed E-state index contributed by atoms with van der Waals surface area (Å²) in [6.45, 7) is 5.03. The molecule has 0 unspecified atom stereocenters. The standard InChI is InChI=1S/C25H31N3O2/c26-24(29)21-9-6-19(7-10-21)4-3-5-20-8-11-23-22(18-20)12-15-28(25(23)30)17-16-27-13-1-2-14-27/h6-11,18H,1-5,12-17H2,(H2,26,29). The van der Waals surface area contributed by atoms with Gasteiger partial charge < -0.3 is 15.5 Å². The van der Waals surface area contributed by atoms with Gasteiger partial charge in [-0.05, 0) is 86.5 Å². The summed E-state index contributed by atoms with van der Waals surface area (Å²) in [4.78, 5) is 28.5. The monoisotopic (exact) mass is 405 g/mol. The van der Waals surface area contributed by atoms with Gasteiger partial charge in [0.05, 0.1) is 0 Å². The molecule has 5 heteroatoms. The van der Waals surface area contributed by atoms with Gasteiger partial charge in [-0.15, -0.1) is 0 Å². The van der Waals surface area contributed by atoms with E-state index in [0.717, 1.165) is 50.9 Å². The average molecular weight is 406 g/mol. The summed E-state index contributed by atoms with van der Waals surface area (Å²) in [6.07, 6.45) is 6.50. The van der Waals surface area contributed by atoms with Crippen LogP contribution in [0.25, 0.3) is 0 Å². The van der Waals surface area contributed by atoms with Crippen LogP contribution in [0, 0.1) is 0 Å². The lowest BCUT2D eigenvalue weighted by molar-refractivity contribution is 0.0724. The van der Waals surface area contributed by atoms with Gasteiger partial charge in [-0.3, -0.25) is 9.59 Å². The predicted octanol–water partition coefficient (Wildman–Crippen LogP) is 3.05. The van der Waals surface area contributed by atoms with Crippen LogP contribution >= 0.6 is 0 Å². The first kappa shape index (κ1) is 20.6. The molecule has 2 amide bonds. The van der Waals surface area contributed by atoms with E-state index < -0.39 is 0 Å². The zero-order valence-electron chi connectivity index (χ0n) is 17.6. The molecule has 0 aromatic heterocycles. The van der Waals surface area contributed by atoms with Crippen molar-refractivity contribution in [1.82, 2.24) is 9.80 Å². The fraction of sp³-hybridized carbons (Fsp3) is 0.440. The Balaban J connectivity index is 1.29. The van der Waals surface area contributed by atoms with Gasteiger partial charge in [0.1, 0.15) is 0 Å². The number of carbonyl (C=O) groups excluding carboxylic acids is 2. The third kappa shape index (κ3) is 4.90. The number of aryl methyl sites for hydroxylation is 2. The van der Waals surface area contributed by atoms with Gasteiger partial charge in [0, 0.05) is 30.8 Å². The van der Waals surface area contributed by atoms with E-state index >= 15 is 0 Å². The maximum absolute atomic E-state index is 12.9. The molecule has 2 aliphatic rings. The number of fused-ring (bicyclic) bond motifs is 1. The number of hydrogen-bond acceptors (Lipinski definition) is 3. The molecular formula is C25H31N3O2. The molecule has 2 aliphatic heterocycles. The van der Waals surface area contributed by atoms with Crippen molar-refractivity contribution in [2.45, 2.75) is 38.5 Å². The summed E-state index contributed by atoms with van der Waals surface area (Å²) in [5, 5.41) is 0. The van der Waals surface area contributed by atoms with E-state index in [1.54, 1.807) is 12.1 Å². The summed E-state index contributed by atoms with van der Waals surface area (Å²) in [7, 11) is 0. The van der Waals surface area contributed by atoms with Crippen LogP contribution in [-0.2, 0) is 19.3 Å². The van der Waals surface area contributed by atoms with Crippen LogP contribution < -0.4 is 5.73 Å². The van der Waals surface area contributed by atoms with E-state index in [1.807, 2.05) is 23.1 Å². The SMILES string of the molecule is NC(=O)c1ccc(CCCc2ccc3c(c2)CCN(CCN2CCCC2)C3=O)cc1. The van der Waals surface area contributed by atoms with Crippen LogP contribution in [0.4, 0.5) is 0 Å². The van der Waals surface area contributed by atoms with Gasteiger partial charge in [0.2, 0.25) is 5.91 Å². The number of nitrogens with zero attached hydrogens (tertiary/aromatic N) is 2. The van der Waals surface area contributed by atoms with Crippen LogP contribution in [0.15, 0.2) is 42.5 Å². The number of likely N-dealkylation sites (tertiary alicyclic amines) is 1. The highest BCUT2D eigenvalue weighted by molar-refractivity contribution is 5.96. The molecule has 0 spiro atoms. The molecule has 0 radical (unpaired) electrons. The molecule has 2 N–H and O–H groups in total. The van der Waals surface area contributed by atoms with Crippen molar-refractivity contribution in [3.8, 4) is 0 Å². The number of benzene rings is 2. The number of primary amides is 1. The van der Waals surface area contributed by atoms with Crippen LogP contribution in [-0.4, -0.2) is 54.3 Å². The van der Waals surface area contributed by atoms with E-state index in [0.29, 0.717) is 5.56 Å². The van der Waals surface area contributed by atoms with E-state index in [2.05, 4.69) is 17.0 Å². The van der Waals surface area contributed by atoms with Gasteiger partial charge in [0.25, 0.3) is 5.91 Å². The Kier molecular flexibility index (Phi) is 6.48. The third-order valence-electron chi connectivity index (χ3n) is 6.39. The zero-order valence-corrected chi connectivity index (χ0v) is 17.6. The third-order valence-corrected chi connectivity index (χ3v) is 6.39. The number of carbonyl (C=O) groups is 2. The highest BCUT2D eigenvalue weighted by Gasteiger charge is 2.25. The topological polar surface area (TPSA) is 66.6 Å². The molecule has 5 nitrogen and oxygen atoms in total. The van der Waals surface area contributed by atoms with Crippen LogP contribution in [0.3, 0.4) is 0 Å². The summed E-state index contributed by atoms with van der Waals surface area (Å²) >= 11 is 0. The molecule has 158 valence electrons. The lowest BCUT2D eigenvalue weighted by Crippen LogP contribution is -2.42.